The molecule has 1 N–H and O–H groups in total. The lowest BCUT2D eigenvalue weighted by molar-refractivity contribution is -0.163. The minimum Gasteiger partial charge on any atom is -0.452 e. The fourth-order valence-corrected chi connectivity index (χ4v) is 3.04. The van der Waals surface area contributed by atoms with Gasteiger partial charge in [-0.1, -0.05) is 17.7 Å². The molecule has 1 aromatic rings. The molecule has 0 unspecified atom stereocenters. The third kappa shape index (κ3) is 6.93. The van der Waals surface area contributed by atoms with Gasteiger partial charge in [0.1, 0.15) is 0 Å². The Balaban J connectivity index is 1.79. The molecule has 1 aliphatic rings. The van der Waals surface area contributed by atoms with E-state index in [0.29, 0.717) is 5.69 Å². The quantitative estimate of drug-likeness (QED) is 0.722. The van der Waals surface area contributed by atoms with Crippen molar-refractivity contribution in [3.8, 4) is 0 Å². The Bertz CT molecular complexity index is 789. The molecule has 0 spiro atoms. The molecule has 10 heteroatoms. The van der Waals surface area contributed by atoms with E-state index in [-0.39, 0.29) is 25.9 Å². The van der Waals surface area contributed by atoms with Crippen molar-refractivity contribution in [2.45, 2.75) is 45.9 Å². The number of hydrogen-bond acceptors (Lipinski definition) is 5. The summed E-state index contributed by atoms with van der Waals surface area (Å²) in [7, 11) is 0. The van der Waals surface area contributed by atoms with Crippen LogP contribution >= 0.6 is 0 Å². The lowest BCUT2D eigenvalue weighted by Gasteiger charge is -2.30. The molecule has 0 bridgehead atoms. The van der Waals surface area contributed by atoms with E-state index in [2.05, 4.69) is 10.1 Å². The third-order valence-corrected chi connectivity index (χ3v) is 4.75. The largest absolute Gasteiger partial charge is 0.452 e. The summed E-state index contributed by atoms with van der Waals surface area (Å²) in [6.45, 7) is 3.73. The number of likely N-dealkylation sites (tertiary alicyclic amines) is 1. The standard InChI is InChI=1S/C20H25F3N2O5/c1-12-4-5-16(13(2)10-12)24-17(26)14(3)30-18(27)15-6-8-25(9-7-15)19(28)29-11-20(21,22)23/h4-5,10,14-15H,6-9,11H2,1-3H3,(H,24,26)/t14-/m0/s1. The number of amides is 2. The predicted molar refractivity (Wildman–Crippen MR) is 102 cm³/mol. The molecule has 0 saturated carbocycles. The van der Waals surface area contributed by atoms with Crippen LogP contribution in [0.2, 0.25) is 0 Å². The average molecular weight is 430 g/mol. The van der Waals surface area contributed by atoms with Crippen LogP contribution in [0.15, 0.2) is 18.2 Å². The maximum absolute atomic E-state index is 12.3. The van der Waals surface area contributed by atoms with Gasteiger partial charge in [0.05, 0.1) is 5.92 Å². The van der Waals surface area contributed by atoms with Crippen molar-refractivity contribution in [3.05, 3.63) is 29.3 Å². The lowest BCUT2D eigenvalue weighted by Crippen LogP contribution is -2.42. The summed E-state index contributed by atoms with van der Waals surface area (Å²) >= 11 is 0. The van der Waals surface area contributed by atoms with Crippen LogP contribution in [-0.4, -0.2) is 54.8 Å². The highest BCUT2D eigenvalue weighted by Gasteiger charge is 2.34. The van der Waals surface area contributed by atoms with Crippen molar-refractivity contribution in [2.75, 3.05) is 25.0 Å². The number of carbonyl (C=O) groups excluding carboxylic acids is 3. The first-order valence-electron chi connectivity index (χ1n) is 9.53. The third-order valence-electron chi connectivity index (χ3n) is 4.75. The highest BCUT2D eigenvalue weighted by Crippen LogP contribution is 2.22. The Kier molecular flexibility index (Phi) is 7.69. The normalized spacial score (nSPS) is 16.0. The molecular formula is C20H25F3N2O5. The number of ether oxygens (including phenoxy) is 2. The van der Waals surface area contributed by atoms with Gasteiger partial charge in [-0.15, -0.1) is 0 Å². The van der Waals surface area contributed by atoms with E-state index in [4.69, 9.17) is 4.74 Å². The molecule has 1 aromatic carbocycles. The summed E-state index contributed by atoms with van der Waals surface area (Å²) in [6.07, 6.45) is -6.25. The Hall–Kier alpha value is -2.78. The first-order valence-corrected chi connectivity index (χ1v) is 9.53. The van der Waals surface area contributed by atoms with Crippen molar-refractivity contribution in [2.24, 2.45) is 5.92 Å². The average Bonchev–Trinajstić information content (AvgIpc) is 2.67. The van der Waals surface area contributed by atoms with E-state index >= 15 is 0 Å². The van der Waals surface area contributed by atoms with Crippen LogP contribution in [-0.2, 0) is 19.1 Å². The second kappa shape index (κ2) is 9.82. The maximum atomic E-state index is 12.3. The van der Waals surface area contributed by atoms with Gasteiger partial charge in [-0.05, 0) is 45.2 Å². The molecule has 166 valence electrons. The summed E-state index contributed by atoms with van der Waals surface area (Å²) in [5.41, 5.74) is 2.56. The smallest absolute Gasteiger partial charge is 0.422 e. The lowest BCUT2D eigenvalue weighted by atomic mass is 9.97. The summed E-state index contributed by atoms with van der Waals surface area (Å²) in [5.74, 6) is -1.60. The number of rotatable bonds is 5. The maximum Gasteiger partial charge on any atom is 0.422 e. The van der Waals surface area contributed by atoms with Gasteiger partial charge in [-0.25, -0.2) is 4.79 Å². The van der Waals surface area contributed by atoms with Crippen LogP contribution in [0.1, 0.15) is 30.9 Å². The number of nitrogens with one attached hydrogen (secondary N) is 1. The molecular weight excluding hydrogens is 405 g/mol. The van der Waals surface area contributed by atoms with Gasteiger partial charge in [-0.2, -0.15) is 13.2 Å². The number of piperidine rings is 1. The van der Waals surface area contributed by atoms with Crippen LogP contribution in [0, 0.1) is 19.8 Å². The minimum atomic E-state index is -4.59. The van der Waals surface area contributed by atoms with E-state index in [0.717, 1.165) is 16.0 Å². The second-order valence-electron chi connectivity index (χ2n) is 7.32. The van der Waals surface area contributed by atoms with Crippen molar-refractivity contribution in [1.82, 2.24) is 4.90 Å². The molecule has 1 fully saturated rings. The van der Waals surface area contributed by atoms with Crippen molar-refractivity contribution >= 4 is 23.7 Å². The number of benzene rings is 1. The van der Waals surface area contributed by atoms with Gasteiger partial charge in [0.2, 0.25) is 0 Å². The van der Waals surface area contributed by atoms with Crippen LogP contribution in [0.4, 0.5) is 23.7 Å². The first kappa shape index (κ1) is 23.5. The van der Waals surface area contributed by atoms with Crippen LogP contribution in [0.5, 0.6) is 0 Å². The highest BCUT2D eigenvalue weighted by molar-refractivity contribution is 5.95. The number of alkyl halides is 3. The van der Waals surface area contributed by atoms with Gasteiger partial charge >= 0.3 is 18.2 Å². The van der Waals surface area contributed by atoms with Gasteiger partial charge in [0, 0.05) is 18.8 Å². The molecule has 2 rings (SSSR count). The van der Waals surface area contributed by atoms with Crippen LogP contribution in [0.3, 0.4) is 0 Å². The summed E-state index contributed by atoms with van der Waals surface area (Å²) < 4.78 is 45.8. The van der Waals surface area contributed by atoms with Crippen molar-refractivity contribution in [1.29, 1.82) is 0 Å². The number of aryl methyl sites for hydroxylation is 2. The first-order chi connectivity index (χ1) is 14.0. The Morgan fingerprint density at radius 3 is 2.40 bits per heavy atom. The number of halogens is 3. The molecule has 7 nitrogen and oxygen atoms in total. The van der Waals surface area contributed by atoms with Crippen molar-refractivity contribution in [3.63, 3.8) is 0 Å². The van der Waals surface area contributed by atoms with Gasteiger partial charge in [-0.3, -0.25) is 9.59 Å². The summed E-state index contributed by atoms with van der Waals surface area (Å²) in [4.78, 5) is 37.4. The number of nitrogens with zero attached hydrogens (tertiary/aromatic N) is 1. The molecule has 1 saturated heterocycles. The van der Waals surface area contributed by atoms with Gasteiger partial charge in [0.15, 0.2) is 12.7 Å². The molecule has 1 aliphatic heterocycles. The predicted octanol–water partition coefficient (Wildman–Crippen LogP) is 3.58. The number of hydrogen-bond donors (Lipinski definition) is 1. The zero-order chi connectivity index (χ0) is 22.5. The molecule has 0 aromatic heterocycles. The highest BCUT2D eigenvalue weighted by atomic mass is 19.4. The van der Waals surface area contributed by atoms with E-state index in [1.807, 2.05) is 26.0 Å². The van der Waals surface area contributed by atoms with E-state index in [1.54, 1.807) is 6.07 Å². The molecule has 1 atom stereocenters. The van der Waals surface area contributed by atoms with Crippen molar-refractivity contribution < 1.29 is 37.0 Å². The zero-order valence-corrected chi connectivity index (χ0v) is 17.0. The Morgan fingerprint density at radius 1 is 1.20 bits per heavy atom. The minimum absolute atomic E-state index is 0.0690. The Morgan fingerprint density at radius 2 is 1.83 bits per heavy atom. The number of anilines is 1. The van der Waals surface area contributed by atoms with Gasteiger partial charge < -0.3 is 19.7 Å². The topological polar surface area (TPSA) is 84.9 Å². The summed E-state index contributed by atoms with van der Waals surface area (Å²) in [6, 6.07) is 5.54. The molecule has 1 heterocycles. The number of esters is 1. The van der Waals surface area contributed by atoms with Crippen LogP contribution < -0.4 is 5.32 Å². The monoisotopic (exact) mass is 430 g/mol. The van der Waals surface area contributed by atoms with E-state index in [1.165, 1.54) is 6.92 Å². The molecule has 30 heavy (non-hydrogen) atoms. The SMILES string of the molecule is Cc1ccc(NC(=O)[C@H](C)OC(=O)C2CCN(C(=O)OCC(F)(F)F)CC2)c(C)c1. The van der Waals surface area contributed by atoms with E-state index < -0.39 is 42.8 Å². The number of carbonyl (C=O) groups is 3. The fraction of sp³-hybridized carbons (Fsp3) is 0.550. The molecule has 2 amide bonds. The summed E-state index contributed by atoms with van der Waals surface area (Å²) in [5, 5.41) is 2.72. The van der Waals surface area contributed by atoms with E-state index in [9.17, 15) is 27.6 Å². The van der Waals surface area contributed by atoms with Crippen LogP contribution in [0.25, 0.3) is 0 Å². The fourth-order valence-electron chi connectivity index (χ4n) is 3.04. The molecule has 0 aliphatic carbocycles. The van der Waals surface area contributed by atoms with Gasteiger partial charge in [0.25, 0.3) is 5.91 Å². The molecule has 0 radical (unpaired) electrons. The second-order valence-corrected chi connectivity index (χ2v) is 7.32. The zero-order valence-electron chi connectivity index (χ0n) is 17.0. The Labute approximate surface area is 172 Å².